The fourth-order valence-corrected chi connectivity index (χ4v) is 2.29. The molecular formula is C16H25N3O2. The highest BCUT2D eigenvalue weighted by Gasteiger charge is 2.16. The van der Waals surface area contributed by atoms with Gasteiger partial charge in [-0.05, 0) is 18.6 Å². The Morgan fingerprint density at radius 1 is 1.43 bits per heavy atom. The molecule has 1 aliphatic heterocycles. The van der Waals surface area contributed by atoms with Gasteiger partial charge in [-0.3, -0.25) is 4.99 Å². The lowest BCUT2D eigenvalue weighted by Gasteiger charge is -2.23. The van der Waals surface area contributed by atoms with Crippen LogP contribution in [0.15, 0.2) is 35.3 Å². The fourth-order valence-electron chi connectivity index (χ4n) is 2.29. The standard InChI is InChI=1S/C16H25N3O2/c1-17-16(18-12-14-8-10-20-13-14)19(2)9-11-21-15-6-4-3-5-7-15/h3-7,14H,8-13H2,1-2H3,(H,17,18). The number of likely N-dealkylation sites (N-methyl/N-ethyl adjacent to an activating group) is 1. The Kier molecular flexibility index (Phi) is 6.34. The molecule has 0 spiro atoms. The minimum atomic E-state index is 0.593. The van der Waals surface area contributed by atoms with Gasteiger partial charge in [-0.25, -0.2) is 0 Å². The smallest absolute Gasteiger partial charge is 0.193 e. The summed E-state index contributed by atoms with van der Waals surface area (Å²) in [5, 5.41) is 3.40. The van der Waals surface area contributed by atoms with Gasteiger partial charge in [0, 0.05) is 33.2 Å². The lowest BCUT2D eigenvalue weighted by molar-refractivity contribution is 0.186. The van der Waals surface area contributed by atoms with Crippen molar-refractivity contribution in [2.24, 2.45) is 10.9 Å². The molecule has 0 bridgehead atoms. The lowest BCUT2D eigenvalue weighted by atomic mass is 10.1. The van der Waals surface area contributed by atoms with Crippen LogP contribution in [0.2, 0.25) is 0 Å². The van der Waals surface area contributed by atoms with Crippen molar-refractivity contribution in [3.05, 3.63) is 30.3 Å². The molecule has 0 radical (unpaired) electrons. The van der Waals surface area contributed by atoms with Crippen LogP contribution in [0.25, 0.3) is 0 Å². The van der Waals surface area contributed by atoms with Gasteiger partial charge in [0.05, 0.1) is 13.2 Å². The van der Waals surface area contributed by atoms with E-state index < -0.39 is 0 Å². The van der Waals surface area contributed by atoms with Gasteiger partial charge in [-0.1, -0.05) is 18.2 Å². The molecule has 5 heteroatoms. The topological polar surface area (TPSA) is 46.1 Å². The average molecular weight is 291 g/mol. The SMILES string of the molecule is CN=C(NCC1CCOC1)N(C)CCOc1ccccc1. The molecule has 1 aromatic carbocycles. The number of guanidine groups is 1. The molecule has 0 saturated carbocycles. The van der Waals surface area contributed by atoms with Crippen molar-refractivity contribution in [1.29, 1.82) is 0 Å². The van der Waals surface area contributed by atoms with Crippen molar-refractivity contribution < 1.29 is 9.47 Å². The molecule has 1 aromatic rings. The quantitative estimate of drug-likeness (QED) is 0.639. The third kappa shape index (κ3) is 5.27. The van der Waals surface area contributed by atoms with E-state index in [1.54, 1.807) is 0 Å². The molecule has 116 valence electrons. The van der Waals surface area contributed by atoms with Gasteiger partial charge in [0.15, 0.2) is 5.96 Å². The summed E-state index contributed by atoms with van der Waals surface area (Å²) in [5.74, 6) is 2.39. The predicted molar refractivity (Wildman–Crippen MR) is 84.9 cm³/mol. The average Bonchev–Trinajstić information content (AvgIpc) is 3.02. The third-order valence-electron chi connectivity index (χ3n) is 3.58. The van der Waals surface area contributed by atoms with Crippen LogP contribution in [-0.2, 0) is 4.74 Å². The Labute approximate surface area is 127 Å². The highest BCUT2D eigenvalue weighted by atomic mass is 16.5. The van der Waals surface area contributed by atoms with Crippen LogP contribution in [0.3, 0.4) is 0 Å². The molecule has 0 aromatic heterocycles. The predicted octanol–water partition coefficient (Wildman–Crippen LogP) is 1.61. The minimum Gasteiger partial charge on any atom is -0.492 e. The first kappa shape index (κ1) is 15.6. The van der Waals surface area contributed by atoms with Gasteiger partial charge in [0.2, 0.25) is 0 Å². The van der Waals surface area contributed by atoms with Gasteiger partial charge >= 0.3 is 0 Å². The first-order chi connectivity index (χ1) is 10.3. The second-order valence-corrected chi connectivity index (χ2v) is 5.24. The van der Waals surface area contributed by atoms with Crippen LogP contribution in [0.4, 0.5) is 0 Å². The number of rotatable bonds is 6. The van der Waals surface area contributed by atoms with E-state index in [9.17, 15) is 0 Å². The van der Waals surface area contributed by atoms with Crippen LogP contribution in [0.1, 0.15) is 6.42 Å². The van der Waals surface area contributed by atoms with E-state index in [2.05, 4.69) is 15.2 Å². The maximum atomic E-state index is 5.70. The summed E-state index contributed by atoms with van der Waals surface area (Å²) >= 11 is 0. The number of hydrogen-bond acceptors (Lipinski definition) is 3. The van der Waals surface area contributed by atoms with Crippen molar-refractivity contribution in [1.82, 2.24) is 10.2 Å². The molecule has 21 heavy (non-hydrogen) atoms. The van der Waals surface area contributed by atoms with E-state index in [-0.39, 0.29) is 0 Å². The summed E-state index contributed by atoms with van der Waals surface area (Å²) in [7, 11) is 3.83. The van der Waals surface area contributed by atoms with Crippen molar-refractivity contribution in [2.45, 2.75) is 6.42 Å². The molecule has 1 heterocycles. The Morgan fingerprint density at radius 2 is 2.24 bits per heavy atom. The van der Waals surface area contributed by atoms with Crippen LogP contribution in [-0.4, -0.2) is 57.9 Å². The van der Waals surface area contributed by atoms with Crippen molar-refractivity contribution in [3.63, 3.8) is 0 Å². The van der Waals surface area contributed by atoms with Gasteiger partial charge in [-0.2, -0.15) is 0 Å². The summed E-state index contributed by atoms with van der Waals surface area (Å²) < 4.78 is 11.1. The Balaban J connectivity index is 1.68. The molecule has 1 saturated heterocycles. The van der Waals surface area contributed by atoms with Crippen LogP contribution >= 0.6 is 0 Å². The molecule has 1 aliphatic rings. The number of ether oxygens (including phenoxy) is 2. The molecular weight excluding hydrogens is 266 g/mol. The molecule has 5 nitrogen and oxygen atoms in total. The molecule has 1 N–H and O–H groups in total. The number of nitrogens with zero attached hydrogens (tertiary/aromatic N) is 2. The van der Waals surface area contributed by atoms with Gasteiger partial charge in [0.1, 0.15) is 12.4 Å². The summed E-state index contributed by atoms with van der Waals surface area (Å²) in [6.45, 7) is 4.07. The summed E-state index contributed by atoms with van der Waals surface area (Å²) in [5.41, 5.74) is 0. The van der Waals surface area contributed by atoms with Crippen LogP contribution < -0.4 is 10.1 Å². The number of benzene rings is 1. The summed E-state index contributed by atoms with van der Waals surface area (Å²) in [6, 6.07) is 9.87. The normalized spacial score (nSPS) is 18.6. The summed E-state index contributed by atoms with van der Waals surface area (Å²) in [4.78, 5) is 6.39. The Bertz CT molecular complexity index is 430. The number of para-hydroxylation sites is 1. The van der Waals surface area contributed by atoms with E-state index in [1.165, 1.54) is 0 Å². The lowest BCUT2D eigenvalue weighted by Crippen LogP contribution is -2.42. The van der Waals surface area contributed by atoms with Crippen molar-refractivity contribution in [3.8, 4) is 5.75 Å². The first-order valence-corrected chi connectivity index (χ1v) is 7.47. The maximum absolute atomic E-state index is 5.70. The maximum Gasteiger partial charge on any atom is 0.193 e. The second kappa shape index (κ2) is 8.52. The summed E-state index contributed by atoms with van der Waals surface area (Å²) in [6.07, 6.45) is 1.13. The van der Waals surface area contributed by atoms with E-state index in [4.69, 9.17) is 9.47 Å². The molecule has 0 aliphatic carbocycles. The van der Waals surface area contributed by atoms with E-state index in [0.717, 1.165) is 44.4 Å². The Morgan fingerprint density at radius 3 is 2.90 bits per heavy atom. The van der Waals surface area contributed by atoms with Gasteiger partial charge < -0.3 is 19.7 Å². The van der Waals surface area contributed by atoms with Gasteiger partial charge in [-0.15, -0.1) is 0 Å². The highest BCUT2D eigenvalue weighted by Crippen LogP contribution is 2.11. The van der Waals surface area contributed by atoms with Gasteiger partial charge in [0.25, 0.3) is 0 Å². The fraction of sp³-hybridized carbons (Fsp3) is 0.562. The number of nitrogens with one attached hydrogen (secondary N) is 1. The zero-order chi connectivity index (χ0) is 14.9. The zero-order valence-electron chi connectivity index (χ0n) is 12.9. The first-order valence-electron chi connectivity index (χ1n) is 7.47. The van der Waals surface area contributed by atoms with E-state index in [1.807, 2.05) is 44.4 Å². The molecule has 1 unspecified atom stereocenters. The molecule has 0 amide bonds. The Hall–Kier alpha value is -1.75. The van der Waals surface area contributed by atoms with Crippen molar-refractivity contribution in [2.75, 3.05) is 47.0 Å². The van der Waals surface area contributed by atoms with E-state index >= 15 is 0 Å². The molecule has 2 rings (SSSR count). The number of aliphatic imine (C=N–C) groups is 1. The highest BCUT2D eigenvalue weighted by molar-refractivity contribution is 5.79. The minimum absolute atomic E-state index is 0.593. The largest absolute Gasteiger partial charge is 0.492 e. The van der Waals surface area contributed by atoms with E-state index in [0.29, 0.717) is 12.5 Å². The second-order valence-electron chi connectivity index (χ2n) is 5.24. The van der Waals surface area contributed by atoms with Crippen molar-refractivity contribution >= 4 is 5.96 Å². The molecule has 1 fully saturated rings. The van der Waals surface area contributed by atoms with Crippen LogP contribution in [0.5, 0.6) is 5.75 Å². The third-order valence-corrected chi connectivity index (χ3v) is 3.58. The van der Waals surface area contributed by atoms with Crippen LogP contribution in [0, 0.1) is 5.92 Å². The molecule has 1 atom stereocenters. The zero-order valence-corrected chi connectivity index (χ0v) is 12.9. The monoisotopic (exact) mass is 291 g/mol. The number of hydrogen-bond donors (Lipinski definition) is 1.